The Morgan fingerprint density at radius 3 is 2.71 bits per heavy atom. The molecule has 0 aromatic rings. The van der Waals surface area contributed by atoms with Crippen LogP contribution in [-0.2, 0) is 9.53 Å². The highest BCUT2D eigenvalue weighted by Gasteiger charge is 2.33. The molecule has 0 aromatic carbocycles. The molecular weight excluding hydrogens is 220 g/mol. The topological polar surface area (TPSA) is 61.8 Å². The van der Waals surface area contributed by atoms with Crippen molar-refractivity contribution in [1.82, 2.24) is 10.2 Å². The Balaban J connectivity index is 2.47. The highest BCUT2D eigenvalue weighted by Crippen LogP contribution is 2.18. The van der Waals surface area contributed by atoms with Gasteiger partial charge in [-0.1, -0.05) is 0 Å². The van der Waals surface area contributed by atoms with Crippen molar-refractivity contribution in [2.24, 2.45) is 0 Å². The molecule has 0 aliphatic carbocycles. The number of carboxylic acids is 1. The summed E-state index contributed by atoms with van der Waals surface area (Å²) in [5, 5.41) is 12.0. The van der Waals surface area contributed by atoms with Gasteiger partial charge in [0.1, 0.15) is 5.54 Å². The lowest BCUT2D eigenvalue weighted by Crippen LogP contribution is -2.53. The fourth-order valence-corrected chi connectivity index (χ4v) is 2.03. The fourth-order valence-electron chi connectivity index (χ4n) is 2.03. The summed E-state index contributed by atoms with van der Waals surface area (Å²) in [6.45, 7) is 9.07. The minimum atomic E-state index is -0.845. The highest BCUT2D eigenvalue weighted by atomic mass is 16.5. The van der Waals surface area contributed by atoms with E-state index in [1.807, 2.05) is 0 Å². The van der Waals surface area contributed by atoms with E-state index < -0.39 is 11.5 Å². The first-order chi connectivity index (χ1) is 7.79. The minimum Gasteiger partial charge on any atom is -0.480 e. The number of carboxylic acid groups (broad SMARTS) is 1. The lowest BCUT2D eigenvalue weighted by atomic mass is 9.97. The van der Waals surface area contributed by atoms with Crippen molar-refractivity contribution in [2.45, 2.75) is 38.3 Å². The van der Waals surface area contributed by atoms with Gasteiger partial charge in [-0.2, -0.15) is 0 Å². The Bertz CT molecular complexity index is 281. The van der Waals surface area contributed by atoms with Gasteiger partial charge in [0, 0.05) is 19.6 Å². The van der Waals surface area contributed by atoms with Gasteiger partial charge in [0.25, 0.3) is 0 Å². The molecule has 1 heterocycles. The minimum absolute atomic E-state index is 0.127. The van der Waals surface area contributed by atoms with Crippen molar-refractivity contribution in [3.05, 3.63) is 0 Å². The second kappa shape index (κ2) is 5.33. The molecule has 17 heavy (non-hydrogen) atoms. The summed E-state index contributed by atoms with van der Waals surface area (Å²) in [7, 11) is 1.69. The quantitative estimate of drug-likeness (QED) is 0.739. The average Bonchev–Trinajstić information content (AvgIpc) is 2.24. The molecule has 1 aliphatic heterocycles. The van der Waals surface area contributed by atoms with Crippen molar-refractivity contribution in [3.63, 3.8) is 0 Å². The first-order valence-corrected chi connectivity index (χ1v) is 6.08. The van der Waals surface area contributed by atoms with Gasteiger partial charge < -0.3 is 15.2 Å². The number of aliphatic carboxylic acids is 1. The second-order valence-electron chi connectivity index (χ2n) is 5.52. The lowest BCUT2D eigenvalue weighted by molar-refractivity contribution is -0.144. The van der Waals surface area contributed by atoms with Crippen LogP contribution in [0.1, 0.15) is 27.2 Å². The van der Waals surface area contributed by atoms with Gasteiger partial charge in [-0.3, -0.25) is 9.69 Å². The Labute approximate surface area is 103 Å². The Hall–Kier alpha value is -0.650. The van der Waals surface area contributed by atoms with Gasteiger partial charge >= 0.3 is 5.97 Å². The standard InChI is InChI=1S/C12H24N2O3/c1-11(2)9-14(7-8-17-11)6-5-12(3,13-4)10(15)16/h13H,5-9H2,1-4H3,(H,15,16). The normalized spacial score (nSPS) is 24.2. The van der Waals surface area contributed by atoms with E-state index >= 15 is 0 Å². The van der Waals surface area contributed by atoms with Crippen LogP contribution in [0.4, 0.5) is 0 Å². The number of hydrogen-bond donors (Lipinski definition) is 2. The van der Waals surface area contributed by atoms with Gasteiger partial charge in [0.2, 0.25) is 0 Å². The maximum atomic E-state index is 11.1. The van der Waals surface area contributed by atoms with Crippen molar-refractivity contribution in [2.75, 3.05) is 33.3 Å². The molecule has 0 bridgehead atoms. The number of hydrogen-bond acceptors (Lipinski definition) is 4. The van der Waals surface area contributed by atoms with Crippen molar-refractivity contribution < 1.29 is 14.6 Å². The molecule has 1 fully saturated rings. The van der Waals surface area contributed by atoms with E-state index in [1.54, 1.807) is 14.0 Å². The van der Waals surface area contributed by atoms with Gasteiger partial charge in [0.05, 0.1) is 12.2 Å². The average molecular weight is 244 g/mol. The van der Waals surface area contributed by atoms with Crippen molar-refractivity contribution >= 4 is 5.97 Å². The van der Waals surface area contributed by atoms with Crippen LogP contribution in [0, 0.1) is 0 Å². The maximum Gasteiger partial charge on any atom is 0.323 e. The predicted molar refractivity (Wildman–Crippen MR) is 66.2 cm³/mol. The Morgan fingerprint density at radius 2 is 2.24 bits per heavy atom. The molecule has 2 N–H and O–H groups in total. The van der Waals surface area contributed by atoms with Gasteiger partial charge in [-0.25, -0.2) is 0 Å². The molecule has 1 unspecified atom stereocenters. The molecule has 5 heteroatoms. The SMILES string of the molecule is CNC(C)(CCN1CCOC(C)(C)C1)C(=O)O. The van der Waals surface area contributed by atoms with Crippen LogP contribution in [0.3, 0.4) is 0 Å². The number of morpholine rings is 1. The van der Waals surface area contributed by atoms with Crippen LogP contribution in [0.2, 0.25) is 0 Å². The monoisotopic (exact) mass is 244 g/mol. The number of nitrogens with one attached hydrogen (secondary N) is 1. The lowest BCUT2D eigenvalue weighted by Gasteiger charge is -2.39. The highest BCUT2D eigenvalue weighted by molar-refractivity contribution is 5.78. The number of nitrogens with zero attached hydrogens (tertiary/aromatic N) is 1. The third kappa shape index (κ3) is 3.94. The maximum absolute atomic E-state index is 11.1. The number of ether oxygens (including phenoxy) is 1. The van der Waals surface area contributed by atoms with Crippen molar-refractivity contribution in [1.29, 1.82) is 0 Å². The summed E-state index contributed by atoms with van der Waals surface area (Å²) >= 11 is 0. The zero-order chi connectivity index (χ0) is 13.1. The Kier molecular flexibility index (Phi) is 4.52. The summed E-state index contributed by atoms with van der Waals surface area (Å²) in [6, 6.07) is 0. The number of rotatable bonds is 5. The van der Waals surface area contributed by atoms with E-state index in [0.29, 0.717) is 6.42 Å². The Morgan fingerprint density at radius 1 is 1.59 bits per heavy atom. The molecule has 100 valence electrons. The third-order valence-electron chi connectivity index (χ3n) is 3.46. The zero-order valence-corrected chi connectivity index (χ0v) is 11.2. The molecule has 1 aliphatic rings. The molecule has 0 spiro atoms. The molecule has 0 saturated carbocycles. The second-order valence-corrected chi connectivity index (χ2v) is 5.52. The molecule has 0 amide bonds. The molecule has 0 aromatic heterocycles. The van der Waals surface area contributed by atoms with Gasteiger partial charge in [-0.15, -0.1) is 0 Å². The fraction of sp³-hybridized carbons (Fsp3) is 0.917. The first kappa shape index (κ1) is 14.4. The number of carbonyl (C=O) groups is 1. The van der Waals surface area contributed by atoms with Crippen LogP contribution in [-0.4, -0.2) is 60.4 Å². The van der Waals surface area contributed by atoms with Crippen LogP contribution < -0.4 is 5.32 Å². The number of likely N-dealkylation sites (N-methyl/N-ethyl adjacent to an activating group) is 1. The van der Waals surface area contributed by atoms with Crippen LogP contribution in [0.5, 0.6) is 0 Å². The van der Waals surface area contributed by atoms with E-state index in [2.05, 4.69) is 24.1 Å². The summed E-state index contributed by atoms with van der Waals surface area (Å²) < 4.78 is 5.63. The first-order valence-electron chi connectivity index (χ1n) is 6.08. The van der Waals surface area contributed by atoms with E-state index in [9.17, 15) is 4.79 Å². The van der Waals surface area contributed by atoms with Crippen LogP contribution in [0.25, 0.3) is 0 Å². The molecule has 1 rings (SSSR count). The summed E-state index contributed by atoms with van der Waals surface area (Å²) in [6.07, 6.45) is 0.592. The molecule has 1 atom stereocenters. The van der Waals surface area contributed by atoms with E-state index in [1.165, 1.54) is 0 Å². The predicted octanol–water partition coefficient (Wildman–Crippen LogP) is 0.550. The summed E-state index contributed by atoms with van der Waals surface area (Å²) in [5.41, 5.74) is -0.972. The summed E-state index contributed by atoms with van der Waals surface area (Å²) in [4.78, 5) is 13.4. The van der Waals surface area contributed by atoms with E-state index in [0.717, 1.165) is 26.2 Å². The molecule has 0 radical (unpaired) electrons. The molecule has 5 nitrogen and oxygen atoms in total. The van der Waals surface area contributed by atoms with E-state index in [4.69, 9.17) is 9.84 Å². The smallest absolute Gasteiger partial charge is 0.323 e. The van der Waals surface area contributed by atoms with Crippen LogP contribution >= 0.6 is 0 Å². The zero-order valence-electron chi connectivity index (χ0n) is 11.2. The van der Waals surface area contributed by atoms with Crippen molar-refractivity contribution in [3.8, 4) is 0 Å². The molecule has 1 saturated heterocycles. The molecular formula is C12H24N2O3. The van der Waals surface area contributed by atoms with Gasteiger partial charge in [-0.05, 0) is 34.2 Å². The van der Waals surface area contributed by atoms with Crippen LogP contribution in [0.15, 0.2) is 0 Å². The third-order valence-corrected chi connectivity index (χ3v) is 3.46. The summed E-state index contributed by atoms with van der Waals surface area (Å²) in [5.74, 6) is -0.799. The van der Waals surface area contributed by atoms with Gasteiger partial charge in [0.15, 0.2) is 0 Å². The van der Waals surface area contributed by atoms with E-state index in [-0.39, 0.29) is 5.60 Å². The largest absolute Gasteiger partial charge is 0.480 e.